The summed E-state index contributed by atoms with van der Waals surface area (Å²) in [7, 11) is 0. The van der Waals surface area contributed by atoms with E-state index in [0.717, 1.165) is 52.4 Å². The highest BCUT2D eigenvalue weighted by atomic mass is 35.5. The molecule has 2 fully saturated rings. The Morgan fingerprint density at radius 3 is 2.45 bits per heavy atom. The molecule has 0 atom stereocenters. The maximum Gasteiger partial charge on any atom is 0.417 e. The summed E-state index contributed by atoms with van der Waals surface area (Å²) in [5.41, 5.74) is 0.922. The Bertz CT molecular complexity index is 1250. The molecule has 0 radical (unpaired) electrons. The van der Waals surface area contributed by atoms with Crippen molar-refractivity contribution < 1.29 is 18.0 Å². The zero-order valence-corrected chi connectivity index (χ0v) is 19.6. The van der Waals surface area contributed by atoms with E-state index in [1.165, 1.54) is 11.3 Å². The summed E-state index contributed by atoms with van der Waals surface area (Å²) in [4.78, 5) is 31.7. The van der Waals surface area contributed by atoms with Gasteiger partial charge in [0, 0.05) is 43.7 Å². The van der Waals surface area contributed by atoms with Crippen LogP contribution in [0.15, 0.2) is 12.3 Å². The summed E-state index contributed by atoms with van der Waals surface area (Å²) in [6.07, 6.45) is -1.48. The van der Waals surface area contributed by atoms with E-state index in [1.807, 2.05) is 18.7 Å². The standard InChI is InChI=1S/C22H21ClF3N5OS/c1-11-16-12(2)28-18(13-3-4-13)29-20(16)33-17(11)21(32)31-7-5-30(6-8-31)19-15(23)9-14(10-27-19)22(24,25)26/h9-10,13H,3-8H2,1-2H3. The number of aromatic nitrogens is 3. The fourth-order valence-electron chi connectivity index (χ4n) is 4.17. The third-order valence-corrected chi connectivity index (χ3v) is 7.59. The minimum absolute atomic E-state index is 0.0505. The number of carbonyl (C=O) groups is 1. The van der Waals surface area contributed by atoms with Crippen molar-refractivity contribution >= 4 is 44.9 Å². The number of pyridine rings is 1. The van der Waals surface area contributed by atoms with Crippen LogP contribution >= 0.6 is 22.9 Å². The molecular weight excluding hydrogens is 475 g/mol. The lowest BCUT2D eigenvalue weighted by Gasteiger charge is -2.35. The first kappa shape index (κ1) is 22.3. The number of halogens is 4. The maximum absolute atomic E-state index is 13.3. The molecular formula is C22H21ClF3N5OS. The Balaban J connectivity index is 1.32. The summed E-state index contributed by atoms with van der Waals surface area (Å²) in [5.74, 6) is 1.55. The minimum Gasteiger partial charge on any atom is -0.352 e. The first-order chi connectivity index (χ1) is 15.6. The topological polar surface area (TPSA) is 62.2 Å². The Kier molecular flexibility index (Phi) is 5.48. The lowest BCUT2D eigenvalue weighted by atomic mass is 10.1. The van der Waals surface area contributed by atoms with Crippen molar-refractivity contribution in [3.05, 3.63) is 44.8 Å². The van der Waals surface area contributed by atoms with Crippen LogP contribution in [0.3, 0.4) is 0 Å². The van der Waals surface area contributed by atoms with E-state index < -0.39 is 11.7 Å². The number of thiophene rings is 1. The minimum atomic E-state index is -4.50. The molecule has 5 rings (SSSR count). The summed E-state index contributed by atoms with van der Waals surface area (Å²) in [6, 6.07) is 0.890. The summed E-state index contributed by atoms with van der Waals surface area (Å²) >= 11 is 7.49. The predicted molar refractivity (Wildman–Crippen MR) is 121 cm³/mol. The Labute approximate surface area is 197 Å². The quantitative estimate of drug-likeness (QED) is 0.499. The molecule has 1 saturated carbocycles. The highest BCUT2D eigenvalue weighted by molar-refractivity contribution is 7.20. The van der Waals surface area contributed by atoms with Crippen LogP contribution in [0.25, 0.3) is 10.2 Å². The third-order valence-electron chi connectivity index (χ3n) is 6.14. The molecule has 1 aliphatic carbocycles. The van der Waals surface area contributed by atoms with E-state index >= 15 is 0 Å². The van der Waals surface area contributed by atoms with Gasteiger partial charge in [-0.2, -0.15) is 13.2 Å². The molecule has 33 heavy (non-hydrogen) atoms. The van der Waals surface area contributed by atoms with E-state index in [-0.39, 0.29) is 10.9 Å². The van der Waals surface area contributed by atoms with Crippen molar-refractivity contribution in [2.45, 2.75) is 38.8 Å². The van der Waals surface area contributed by atoms with Crippen molar-refractivity contribution in [1.29, 1.82) is 0 Å². The van der Waals surface area contributed by atoms with Crippen molar-refractivity contribution in [3.8, 4) is 0 Å². The monoisotopic (exact) mass is 495 g/mol. The first-order valence-corrected chi connectivity index (χ1v) is 11.9. The van der Waals surface area contributed by atoms with Gasteiger partial charge in [-0.1, -0.05) is 11.6 Å². The van der Waals surface area contributed by atoms with Gasteiger partial charge in [0.05, 0.1) is 21.2 Å². The zero-order valence-electron chi connectivity index (χ0n) is 18.0. The number of nitrogens with zero attached hydrogens (tertiary/aromatic N) is 5. The molecule has 1 aliphatic heterocycles. The molecule has 6 nitrogen and oxygen atoms in total. The van der Waals surface area contributed by atoms with Crippen molar-refractivity contribution in [2.75, 3.05) is 31.1 Å². The van der Waals surface area contributed by atoms with Crippen molar-refractivity contribution in [1.82, 2.24) is 19.9 Å². The van der Waals surface area contributed by atoms with Crippen LogP contribution in [-0.2, 0) is 6.18 Å². The number of hydrogen-bond donors (Lipinski definition) is 0. The van der Waals surface area contributed by atoms with Crippen LogP contribution in [0.2, 0.25) is 5.02 Å². The Morgan fingerprint density at radius 1 is 1.15 bits per heavy atom. The second kappa shape index (κ2) is 8.09. The number of alkyl halides is 3. The molecule has 0 unspecified atom stereocenters. The van der Waals surface area contributed by atoms with Gasteiger partial charge in [0.15, 0.2) is 0 Å². The van der Waals surface area contributed by atoms with Gasteiger partial charge >= 0.3 is 6.18 Å². The molecule has 0 bridgehead atoms. The molecule has 1 saturated heterocycles. The summed E-state index contributed by atoms with van der Waals surface area (Å²) in [6.45, 7) is 5.59. The lowest BCUT2D eigenvalue weighted by Crippen LogP contribution is -2.49. The van der Waals surface area contributed by atoms with Gasteiger partial charge < -0.3 is 9.80 Å². The number of amides is 1. The van der Waals surface area contributed by atoms with Crippen LogP contribution < -0.4 is 4.90 Å². The van der Waals surface area contributed by atoms with Gasteiger partial charge in [-0.3, -0.25) is 4.79 Å². The van der Waals surface area contributed by atoms with E-state index in [1.54, 1.807) is 4.90 Å². The number of hydrogen-bond acceptors (Lipinski definition) is 6. The highest BCUT2D eigenvalue weighted by Gasteiger charge is 2.33. The molecule has 4 heterocycles. The SMILES string of the molecule is Cc1nc(C2CC2)nc2sc(C(=O)N3CCN(c4ncc(C(F)(F)F)cc4Cl)CC3)c(C)c12. The Hall–Kier alpha value is -2.46. The van der Waals surface area contributed by atoms with Crippen LogP contribution in [0.4, 0.5) is 19.0 Å². The summed E-state index contributed by atoms with van der Waals surface area (Å²) in [5, 5.41) is 0.901. The van der Waals surface area contributed by atoms with Gasteiger partial charge in [-0.15, -0.1) is 11.3 Å². The number of aryl methyl sites for hydroxylation is 2. The van der Waals surface area contributed by atoms with E-state index in [9.17, 15) is 18.0 Å². The smallest absolute Gasteiger partial charge is 0.352 e. The van der Waals surface area contributed by atoms with Crippen LogP contribution in [0.5, 0.6) is 0 Å². The van der Waals surface area contributed by atoms with E-state index in [2.05, 4.69) is 9.97 Å². The second-order valence-corrected chi connectivity index (χ2v) is 9.89. The van der Waals surface area contributed by atoms with Gasteiger partial charge in [0.25, 0.3) is 5.91 Å². The zero-order chi connectivity index (χ0) is 23.5. The molecule has 0 aromatic carbocycles. The molecule has 11 heteroatoms. The lowest BCUT2D eigenvalue weighted by molar-refractivity contribution is -0.137. The summed E-state index contributed by atoms with van der Waals surface area (Å²) < 4.78 is 38.6. The number of piperazine rings is 1. The van der Waals surface area contributed by atoms with E-state index in [0.29, 0.717) is 42.8 Å². The molecule has 2 aliphatic rings. The van der Waals surface area contributed by atoms with Gasteiger partial charge in [-0.25, -0.2) is 15.0 Å². The van der Waals surface area contributed by atoms with Crippen LogP contribution in [-0.4, -0.2) is 51.9 Å². The first-order valence-electron chi connectivity index (χ1n) is 10.7. The Morgan fingerprint density at radius 2 is 1.85 bits per heavy atom. The van der Waals surface area contributed by atoms with Crippen LogP contribution in [0.1, 0.15) is 51.1 Å². The number of fused-ring (bicyclic) bond motifs is 1. The second-order valence-electron chi connectivity index (χ2n) is 8.48. The molecule has 0 spiro atoms. The number of carbonyl (C=O) groups excluding carboxylic acids is 1. The van der Waals surface area contributed by atoms with Crippen molar-refractivity contribution in [3.63, 3.8) is 0 Å². The predicted octanol–water partition coefficient (Wildman–Crippen LogP) is 5.22. The molecule has 1 amide bonds. The fourth-order valence-corrected chi connectivity index (χ4v) is 5.66. The average Bonchev–Trinajstić information content (AvgIpc) is 3.56. The molecule has 3 aromatic heterocycles. The van der Waals surface area contributed by atoms with E-state index in [4.69, 9.17) is 16.6 Å². The average molecular weight is 496 g/mol. The normalized spacial score (nSPS) is 17.2. The number of anilines is 1. The highest BCUT2D eigenvalue weighted by Crippen LogP contribution is 2.41. The van der Waals surface area contributed by atoms with Crippen LogP contribution in [0, 0.1) is 13.8 Å². The maximum atomic E-state index is 13.3. The fraction of sp³-hybridized carbons (Fsp3) is 0.455. The third kappa shape index (κ3) is 4.14. The van der Waals surface area contributed by atoms with Gasteiger partial charge in [0.2, 0.25) is 0 Å². The molecule has 174 valence electrons. The van der Waals surface area contributed by atoms with Gasteiger partial charge in [0.1, 0.15) is 16.5 Å². The molecule has 0 N–H and O–H groups in total. The molecule has 3 aromatic rings. The van der Waals surface area contributed by atoms with Gasteiger partial charge in [-0.05, 0) is 38.3 Å². The number of rotatable bonds is 3. The largest absolute Gasteiger partial charge is 0.417 e. The van der Waals surface area contributed by atoms with Crippen molar-refractivity contribution in [2.24, 2.45) is 0 Å².